The number of likely N-dealkylation sites (tertiary alicyclic amines) is 1. The summed E-state index contributed by atoms with van der Waals surface area (Å²) in [5.41, 5.74) is 0. The van der Waals surface area contributed by atoms with Crippen molar-refractivity contribution in [3.63, 3.8) is 0 Å². The Morgan fingerprint density at radius 3 is 2.45 bits per heavy atom. The molecule has 0 bridgehead atoms. The Morgan fingerprint density at radius 2 is 1.95 bits per heavy atom. The molecule has 1 N–H and O–H groups in total. The lowest BCUT2D eigenvalue weighted by molar-refractivity contribution is -0.155. The highest BCUT2D eigenvalue weighted by Crippen LogP contribution is 2.41. The molecule has 1 aliphatic carbocycles. The Bertz CT molecular complexity index is 419. The summed E-state index contributed by atoms with van der Waals surface area (Å²) >= 11 is 0. The Labute approximate surface area is 136 Å². The van der Waals surface area contributed by atoms with Crippen molar-refractivity contribution in [2.75, 3.05) is 6.54 Å². The standard InChI is InChI=1S/C17H32NO3Si/c1-12(21-22(5,6)17(2,3)4)13-11-18(16(13)20)14-9-7-8-10-15(14)19/h12-13,15,19H,7-11H2,1-6H3/t12-,13+,15+/m1/s1. The smallest absolute Gasteiger partial charge is 0.230 e. The van der Waals surface area contributed by atoms with Crippen LogP contribution in [0.15, 0.2) is 0 Å². The fourth-order valence-electron chi connectivity index (χ4n) is 3.08. The lowest BCUT2D eigenvalue weighted by atomic mass is 9.85. The molecule has 0 spiro atoms. The molecule has 1 amide bonds. The van der Waals surface area contributed by atoms with Gasteiger partial charge in [-0.05, 0) is 37.9 Å². The highest BCUT2D eigenvalue weighted by Gasteiger charge is 2.49. The van der Waals surface area contributed by atoms with E-state index in [0.29, 0.717) is 6.54 Å². The van der Waals surface area contributed by atoms with Gasteiger partial charge in [0.15, 0.2) is 8.32 Å². The van der Waals surface area contributed by atoms with Crippen molar-refractivity contribution in [2.45, 2.75) is 83.7 Å². The van der Waals surface area contributed by atoms with Gasteiger partial charge < -0.3 is 14.4 Å². The second-order valence-corrected chi connectivity index (χ2v) is 13.1. The van der Waals surface area contributed by atoms with Gasteiger partial charge >= 0.3 is 0 Å². The first-order valence-electron chi connectivity index (χ1n) is 8.57. The maximum atomic E-state index is 12.5. The lowest BCUT2D eigenvalue weighted by Gasteiger charge is -2.49. The zero-order valence-corrected chi connectivity index (χ0v) is 16.0. The van der Waals surface area contributed by atoms with Gasteiger partial charge in [0.05, 0.1) is 24.2 Å². The number of carbonyl (C=O) groups is 1. The third kappa shape index (κ3) is 3.41. The Balaban J connectivity index is 1.92. The second-order valence-electron chi connectivity index (χ2n) is 8.39. The number of amides is 1. The third-order valence-electron chi connectivity index (χ3n) is 5.71. The van der Waals surface area contributed by atoms with E-state index in [4.69, 9.17) is 4.43 Å². The highest BCUT2D eigenvalue weighted by atomic mass is 28.4. The summed E-state index contributed by atoms with van der Waals surface area (Å²) in [6.07, 6.45) is 3.33. The van der Waals surface area contributed by atoms with E-state index in [-0.39, 0.29) is 23.0 Å². The quantitative estimate of drug-likeness (QED) is 0.637. The molecule has 2 aliphatic rings. The van der Waals surface area contributed by atoms with Crippen LogP contribution in [0.3, 0.4) is 0 Å². The monoisotopic (exact) mass is 326 g/mol. The maximum absolute atomic E-state index is 12.5. The fourth-order valence-corrected chi connectivity index (χ4v) is 4.52. The van der Waals surface area contributed by atoms with Crippen molar-refractivity contribution in [2.24, 2.45) is 5.92 Å². The minimum absolute atomic E-state index is 0.0361. The number of carbonyl (C=O) groups excluding carboxylic acids is 1. The molecule has 0 aromatic carbocycles. The van der Waals surface area contributed by atoms with Crippen LogP contribution in [0.25, 0.3) is 0 Å². The summed E-state index contributed by atoms with van der Waals surface area (Å²) in [5, 5.41) is 10.2. The van der Waals surface area contributed by atoms with Crippen LogP contribution in [0.1, 0.15) is 53.4 Å². The average Bonchev–Trinajstić information content (AvgIpc) is 2.37. The van der Waals surface area contributed by atoms with Gasteiger partial charge in [-0.3, -0.25) is 4.79 Å². The molecule has 22 heavy (non-hydrogen) atoms. The largest absolute Gasteiger partial charge is 0.413 e. The number of hydrogen-bond donors (Lipinski definition) is 1. The lowest BCUT2D eigenvalue weighted by Crippen LogP contribution is -2.61. The summed E-state index contributed by atoms with van der Waals surface area (Å²) in [4.78, 5) is 14.3. The van der Waals surface area contributed by atoms with E-state index in [2.05, 4.69) is 33.9 Å². The van der Waals surface area contributed by atoms with Crippen molar-refractivity contribution in [3.05, 3.63) is 6.04 Å². The average molecular weight is 327 g/mol. The van der Waals surface area contributed by atoms with Crippen LogP contribution in [-0.2, 0) is 9.22 Å². The predicted octanol–water partition coefficient (Wildman–Crippen LogP) is 3.32. The van der Waals surface area contributed by atoms with Crippen molar-refractivity contribution in [1.29, 1.82) is 0 Å². The summed E-state index contributed by atoms with van der Waals surface area (Å²) in [5.74, 6) is 0.0953. The minimum Gasteiger partial charge on any atom is -0.413 e. The van der Waals surface area contributed by atoms with Crippen LogP contribution >= 0.6 is 0 Å². The first-order chi connectivity index (χ1) is 10.0. The van der Waals surface area contributed by atoms with Gasteiger partial charge in [-0.1, -0.05) is 33.6 Å². The van der Waals surface area contributed by atoms with E-state index >= 15 is 0 Å². The van der Waals surface area contributed by atoms with Gasteiger partial charge in [0.25, 0.3) is 0 Å². The van der Waals surface area contributed by atoms with E-state index < -0.39 is 14.4 Å². The molecule has 1 heterocycles. The molecule has 2 fully saturated rings. The Morgan fingerprint density at radius 1 is 1.32 bits per heavy atom. The molecular formula is C17H32NO3Si. The first-order valence-corrected chi connectivity index (χ1v) is 11.5. The number of β-lactam (4-membered cyclic amide) rings is 1. The zero-order valence-electron chi connectivity index (χ0n) is 15.0. The molecule has 0 aromatic rings. The molecule has 1 aliphatic heterocycles. The van der Waals surface area contributed by atoms with E-state index in [9.17, 15) is 9.90 Å². The Kier molecular flexibility index (Phi) is 5.10. The molecule has 1 saturated carbocycles. The highest BCUT2D eigenvalue weighted by molar-refractivity contribution is 6.74. The fraction of sp³-hybridized carbons (Fsp3) is 0.882. The van der Waals surface area contributed by atoms with Crippen molar-refractivity contribution < 1.29 is 14.3 Å². The minimum atomic E-state index is -1.84. The summed E-state index contributed by atoms with van der Waals surface area (Å²) in [6.45, 7) is 13.8. The molecule has 0 unspecified atom stereocenters. The Hall–Kier alpha value is -0.393. The number of rotatable bonds is 4. The number of aliphatic hydroxyl groups is 1. The number of nitrogens with zero attached hydrogens (tertiary/aromatic N) is 1. The van der Waals surface area contributed by atoms with Crippen LogP contribution < -0.4 is 0 Å². The predicted molar refractivity (Wildman–Crippen MR) is 90.7 cm³/mol. The summed E-state index contributed by atoms with van der Waals surface area (Å²) in [7, 11) is -1.84. The van der Waals surface area contributed by atoms with E-state index in [1.165, 1.54) is 0 Å². The number of aliphatic hydroxyl groups excluding tert-OH is 1. The third-order valence-corrected chi connectivity index (χ3v) is 10.3. The topological polar surface area (TPSA) is 49.8 Å². The maximum Gasteiger partial charge on any atom is 0.230 e. The zero-order chi connectivity index (χ0) is 16.7. The van der Waals surface area contributed by atoms with Crippen molar-refractivity contribution in [1.82, 2.24) is 4.90 Å². The SMILES string of the molecule is C[C@@H](O[Si](C)(C)C(C)(C)C)[C@@H]1CN([C]2CCCC[C@@H]2O)C1=O. The van der Waals surface area contributed by atoms with Gasteiger partial charge in [0.2, 0.25) is 5.91 Å². The van der Waals surface area contributed by atoms with Crippen LogP contribution in [0.2, 0.25) is 18.1 Å². The van der Waals surface area contributed by atoms with E-state index in [0.717, 1.165) is 31.7 Å². The van der Waals surface area contributed by atoms with Crippen LogP contribution in [-0.4, -0.2) is 43.0 Å². The molecule has 1 saturated heterocycles. The molecule has 5 heteroatoms. The van der Waals surface area contributed by atoms with E-state index in [1.54, 1.807) is 4.90 Å². The van der Waals surface area contributed by atoms with Gasteiger partial charge in [0, 0.05) is 6.54 Å². The molecule has 1 radical (unpaired) electrons. The molecule has 0 aromatic heterocycles. The molecule has 3 atom stereocenters. The van der Waals surface area contributed by atoms with Gasteiger partial charge in [0.1, 0.15) is 0 Å². The molecule has 2 rings (SSSR count). The van der Waals surface area contributed by atoms with Crippen molar-refractivity contribution in [3.8, 4) is 0 Å². The van der Waals surface area contributed by atoms with Crippen LogP contribution in [0, 0.1) is 12.0 Å². The van der Waals surface area contributed by atoms with Crippen LogP contribution in [0.4, 0.5) is 0 Å². The summed E-state index contributed by atoms with van der Waals surface area (Å²) < 4.78 is 6.36. The van der Waals surface area contributed by atoms with E-state index in [1.807, 2.05) is 6.92 Å². The molecule has 127 valence electrons. The molecule has 4 nitrogen and oxygen atoms in total. The molecular weight excluding hydrogens is 294 g/mol. The second kappa shape index (κ2) is 6.25. The van der Waals surface area contributed by atoms with Gasteiger partial charge in [-0.2, -0.15) is 0 Å². The van der Waals surface area contributed by atoms with Gasteiger partial charge in [-0.25, -0.2) is 0 Å². The van der Waals surface area contributed by atoms with Gasteiger partial charge in [-0.15, -0.1) is 0 Å². The normalized spacial score (nSPS) is 29.4. The van der Waals surface area contributed by atoms with Crippen molar-refractivity contribution >= 4 is 14.2 Å². The first kappa shape index (κ1) is 18.0. The number of hydrogen-bond acceptors (Lipinski definition) is 3. The van der Waals surface area contributed by atoms with Crippen LogP contribution in [0.5, 0.6) is 0 Å². The summed E-state index contributed by atoms with van der Waals surface area (Å²) in [6, 6.07) is 0.937.